The molecule has 0 heterocycles. The SMILES string of the molecule is Cc1cc2c(C)ccc(C)c2[cH-]1.Cc1cc2c(C)ccc(C=[Si](C)C)c2[cH-]1.[Mg+2]. The molecule has 140 valence electrons. The second kappa shape index (κ2) is 9.34. The van der Waals surface area contributed by atoms with E-state index in [-0.39, 0.29) is 31.5 Å². The molecule has 2 heteroatoms. The zero-order valence-electron chi connectivity index (χ0n) is 18.4. The van der Waals surface area contributed by atoms with Gasteiger partial charge in [-0.1, -0.05) is 63.2 Å². The van der Waals surface area contributed by atoms with Gasteiger partial charge < -0.3 is 0 Å². The number of hydrogen-bond acceptors (Lipinski definition) is 0. The summed E-state index contributed by atoms with van der Waals surface area (Å²) in [6.07, 6.45) is 0. The first-order valence-electron chi connectivity index (χ1n) is 9.71. The van der Waals surface area contributed by atoms with E-state index in [4.69, 9.17) is 0 Å². The standard InChI is InChI=1S/C14H17Si.C12H13.Mg/c1-10-7-13-11(2)5-6-12(9-15(3)4)14(13)8-10;1-8-6-11-9(2)4-5-10(3)12(11)7-8;/h5-9H,1-4H3;4-7H,1-3H3;/q2*-1;+2. The van der Waals surface area contributed by atoms with Gasteiger partial charge in [0, 0.05) is 0 Å². The molecule has 0 radical (unpaired) electrons. The van der Waals surface area contributed by atoms with Crippen molar-refractivity contribution < 1.29 is 0 Å². The molecule has 0 aliphatic heterocycles. The van der Waals surface area contributed by atoms with Crippen molar-refractivity contribution in [2.24, 2.45) is 0 Å². The molecule has 0 unspecified atom stereocenters. The van der Waals surface area contributed by atoms with Gasteiger partial charge in [0.25, 0.3) is 0 Å². The molecule has 4 aromatic rings. The van der Waals surface area contributed by atoms with E-state index in [1.807, 2.05) is 0 Å². The van der Waals surface area contributed by atoms with Crippen LogP contribution in [-0.2, 0) is 0 Å². The Balaban J connectivity index is 0.000000198. The van der Waals surface area contributed by atoms with Crippen LogP contribution in [0.15, 0.2) is 48.5 Å². The van der Waals surface area contributed by atoms with Crippen LogP contribution in [0.4, 0.5) is 0 Å². The zero-order valence-corrected chi connectivity index (χ0v) is 20.8. The van der Waals surface area contributed by atoms with Gasteiger partial charge in [0.1, 0.15) is 0 Å². The van der Waals surface area contributed by atoms with Crippen LogP contribution in [0.3, 0.4) is 0 Å². The van der Waals surface area contributed by atoms with Gasteiger partial charge in [-0.15, -0.1) is 67.7 Å². The van der Waals surface area contributed by atoms with Crippen molar-refractivity contribution in [3.05, 3.63) is 81.9 Å². The molecule has 4 rings (SSSR count). The summed E-state index contributed by atoms with van der Waals surface area (Å²) in [6.45, 7) is 15.5. The quantitative estimate of drug-likeness (QED) is 0.247. The van der Waals surface area contributed by atoms with Gasteiger partial charge in [-0.2, -0.15) is 12.1 Å². The minimum Gasteiger partial charge on any atom is -0.165 e. The Morgan fingerprint density at radius 1 is 0.679 bits per heavy atom. The van der Waals surface area contributed by atoms with Crippen LogP contribution in [0.1, 0.15) is 33.4 Å². The molecule has 0 fully saturated rings. The molecule has 28 heavy (non-hydrogen) atoms. The second-order valence-electron chi connectivity index (χ2n) is 8.11. The summed E-state index contributed by atoms with van der Waals surface area (Å²) in [7, 11) is -0.306. The molecule has 0 saturated heterocycles. The summed E-state index contributed by atoms with van der Waals surface area (Å²) < 4.78 is 0. The molecule has 0 atom stereocenters. The van der Waals surface area contributed by atoms with Gasteiger partial charge in [-0.25, -0.2) is 0 Å². The second-order valence-corrected chi connectivity index (χ2v) is 10.6. The fourth-order valence-electron chi connectivity index (χ4n) is 3.78. The Morgan fingerprint density at radius 3 is 1.68 bits per heavy atom. The van der Waals surface area contributed by atoms with E-state index in [0.29, 0.717) is 0 Å². The molecule has 0 saturated carbocycles. The molecule has 0 amide bonds. The molecule has 4 aromatic carbocycles. The Bertz CT molecular complexity index is 1100. The van der Waals surface area contributed by atoms with Crippen molar-refractivity contribution in [1.82, 2.24) is 0 Å². The molecular formula is C26H30MgSi. The third-order valence-corrected chi connectivity index (χ3v) is 6.08. The van der Waals surface area contributed by atoms with Gasteiger partial charge in [0.2, 0.25) is 0 Å². The van der Waals surface area contributed by atoms with Crippen LogP contribution >= 0.6 is 0 Å². The first kappa shape index (κ1) is 22.8. The minimum atomic E-state index is -0.306. The monoisotopic (exact) mass is 394 g/mol. The van der Waals surface area contributed by atoms with Crippen molar-refractivity contribution in [2.75, 3.05) is 0 Å². The zero-order chi connectivity index (χ0) is 19.7. The molecular weight excluding hydrogens is 365 g/mol. The third kappa shape index (κ3) is 4.91. The van der Waals surface area contributed by atoms with E-state index >= 15 is 0 Å². The fourth-order valence-corrected chi connectivity index (χ4v) is 4.66. The van der Waals surface area contributed by atoms with Crippen LogP contribution in [0, 0.1) is 34.6 Å². The average molecular weight is 395 g/mol. The third-order valence-electron chi connectivity index (χ3n) is 5.19. The molecule has 0 N–H and O–H groups in total. The number of rotatable bonds is 1. The van der Waals surface area contributed by atoms with Gasteiger partial charge in [0.05, 0.1) is 0 Å². The maximum Gasteiger partial charge on any atom is 2.00 e. The van der Waals surface area contributed by atoms with E-state index in [2.05, 4.69) is 102 Å². The van der Waals surface area contributed by atoms with Crippen molar-refractivity contribution in [2.45, 2.75) is 47.7 Å². The predicted molar refractivity (Wildman–Crippen MR) is 131 cm³/mol. The Kier molecular flexibility index (Phi) is 7.61. The smallest absolute Gasteiger partial charge is 0.165 e. The summed E-state index contributed by atoms with van der Waals surface area (Å²) in [5.41, 5.74) is 10.7. The first-order chi connectivity index (χ1) is 12.8. The number of benzene rings is 2. The van der Waals surface area contributed by atoms with Crippen molar-refractivity contribution in [1.29, 1.82) is 0 Å². The molecule has 0 nitrogen and oxygen atoms in total. The van der Waals surface area contributed by atoms with E-state index in [1.54, 1.807) is 0 Å². The van der Waals surface area contributed by atoms with Crippen LogP contribution in [0.2, 0.25) is 13.1 Å². The molecule has 0 bridgehead atoms. The fraction of sp³-hybridized carbons (Fsp3) is 0.269. The van der Waals surface area contributed by atoms with E-state index in [9.17, 15) is 0 Å². The first-order valence-corrected chi connectivity index (χ1v) is 12.3. The molecule has 0 aliphatic rings. The topological polar surface area (TPSA) is 0 Å². The average Bonchev–Trinajstić information content (AvgIpc) is 3.18. The van der Waals surface area contributed by atoms with Crippen molar-refractivity contribution >= 4 is 58.7 Å². The van der Waals surface area contributed by atoms with Gasteiger partial charge in [-0.05, 0) is 22.3 Å². The van der Waals surface area contributed by atoms with Crippen molar-refractivity contribution in [3.8, 4) is 0 Å². The van der Waals surface area contributed by atoms with Gasteiger partial charge in [0.15, 0.2) is 0 Å². The van der Waals surface area contributed by atoms with Crippen LogP contribution in [-0.4, -0.2) is 37.1 Å². The summed E-state index contributed by atoms with van der Waals surface area (Å²) in [6, 6.07) is 18.0. The van der Waals surface area contributed by atoms with Crippen LogP contribution in [0.5, 0.6) is 0 Å². The van der Waals surface area contributed by atoms with Gasteiger partial charge >= 0.3 is 23.1 Å². The number of hydrogen-bond donors (Lipinski definition) is 0. The van der Waals surface area contributed by atoms with Crippen molar-refractivity contribution in [3.63, 3.8) is 0 Å². The Hall–Kier alpha value is -1.49. The summed E-state index contributed by atoms with van der Waals surface area (Å²) in [5.74, 6) is 0. The Labute approximate surface area is 187 Å². The normalized spacial score (nSPS) is 10.4. The summed E-state index contributed by atoms with van der Waals surface area (Å²) >= 11 is 0. The maximum absolute atomic E-state index is 2.44. The van der Waals surface area contributed by atoms with Crippen LogP contribution < -0.4 is 0 Å². The minimum absolute atomic E-state index is 0. The van der Waals surface area contributed by atoms with E-state index in [0.717, 1.165) is 0 Å². The largest absolute Gasteiger partial charge is 2.00 e. The molecule has 0 aliphatic carbocycles. The Morgan fingerprint density at radius 2 is 1.14 bits per heavy atom. The van der Waals surface area contributed by atoms with Crippen LogP contribution in [0.25, 0.3) is 21.5 Å². The molecule has 0 spiro atoms. The number of aryl methyl sites for hydroxylation is 5. The number of fused-ring (bicyclic) bond motifs is 2. The van der Waals surface area contributed by atoms with E-state index < -0.39 is 0 Å². The molecule has 0 aromatic heterocycles. The maximum atomic E-state index is 2.44. The predicted octanol–water partition coefficient (Wildman–Crippen LogP) is 6.77. The summed E-state index contributed by atoms with van der Waals surface area (Å²) in [4.78, 5) is 0. The van der Waals surface area contributed by atoms with E-state index in [1.165, 1.54) is 54.9 Å². The van der Waals surface area contributed by atoms with Gasteiger partial charge in [-0.3, -0.25) is 0 Å². The summed E-state index contributed by atoms with van der Waals surface area (Å²) in [5, 5.41) is 5.67.